The Labute approximate surface area is 181 Å². The van der Waals surface area contributed by atoms with E-state index in [1.807, 2.05) is 0 Å². The van der Waals surface area contributed by atoms with Crippen LogP contribution in [0.2, 0.25) is 0 Å². The SMILES string of the molecule is CCNC(=NCc1ccc(CN2CCC(O)CC2)cc1)N1CCSC(C(C)C)C1. The Balaban J connectivity index is 1.56. The molecular formula is C23H38N4OS. The average Bonchev–Trinajstić information content (AvgIpc) is 2.74. The van der Waals surface area contributed by atoms with Crippen molar-refractivity contribution in [2.75, 3.05) is 38.5 Å². The van der Waals surface area contributed by atoms with Crippen LogP contribution in [0.25, 0.3) is 0 Å². The molecular weight excluding hydrogens is 380 g/mol. The highest BCUT2D eigenvalue weighted by Crippen LogP contribution is 2.25. The van der Waals surface area contributed by atoms with Gasteiger partial charge in [-0.2, -0.15) is 11.8 Å². The largest absolute Gasteiger partial charge is 0.393 e. The Kier molecular flexibility index (Phi) is 8.69. The van der Waals surface area contributed by atoms with Crippen molar-refractivity contribution in [3.8, 4) is 0 Å². The van der Waals surface area contributed by atoms with Crippen molar-refractivity contribution in [2.24, 2.45) is 10.9 Å². The molecule has 2 aliphatic rings. The quantitative estimate of drug-likeness (QED) is 0.549. The third-order valence-corrected chi connectivity index (χ3v) is 7.41. The van der Waals surface area contributed by atoms with Crippen LogP contribution in [0.5, 0.6) is 0 Å². The Hall–Kier alpha value is -1.24. The Morgan fingerprint density at radius 1 is 1.17 bits per heavy atom. The van der Waals surface area contributed by atoms with Gasteiger partial charge < -0.3 is 15.3 Å². The highest BCUT2D eigenvalue weighted by molar-refractivity contribution is 8.00. The monoisotopic (exact) mass is 418 g/mol. The van der Waals surface area contributed by atoms with Gasteiger partial charge in [0.15, 0.2) is 5.96 Å². The number of hydrogen-bond acceptors (Lipinski definition) is 4. The van der Waals surface area contributed by atoms with E-state index in [0.717, 1.165) is 58.1 Å². The Bertz CT molecular complexity index is 641. The lowest BCUT2D eigenvalue weighted by Crippen LogP contribution is -2.49. The van der Waals surface area contributed by atoms with Gasteiger partial charge in [-0.3, -0.25) is 4.90 Å². The van der Waals surface area contributed by atoms with Crippen molar-refractivity contribution in [3.05, 3.63) is 35.4 Å². The summed E-state index contributed by atoms with van der Waals surface area (Å²) in [6, 6.07) is 8.89. The van der Waals surface area contributed by atoms with Crippen molar-refractivity contribution in [3.63, 3.8) is 0 Å². The van der Waals surface area contributed by atoms with Crippen LogP contribution in [-0.4, -0.2) is 70.7 Å². The molecule has 0 aromatic heterocycles. The van der Waals surface area contributed by atoms with Crippen molar-refractivity contribution < 1.29 is 5.11 Å². The highest BCUT2D eigenvalue weighted by Gasteiger charge is 2.24. The van der Waals surface area contributed by atoms with E-state index in [4.69, 9.17) is 4.99 Å². The molecule has 2 N–H and O–H groups in total. The van der Waals surface area contributed by atoms with E-state index in [9.17, 15) is 5.11 Å². The van der Waals surface area contributed by atoms with Gasteiger partial charge in [0, 0.05) is 50.3 Å². The molecule has 162 valence electrons. The molecule has 5 nitrogen and oxygen atoms in total. The molecule has 0 saturated carbocycles. The molecule has 1 aromatic rings. The fourth-order valence-corrected chi connectivity index (χ4v) is 5.25. The van der Waals surface area contributed by atoms with Crippen molar-refractivity contribution in [1.29, 1.82) is 0 Å². The first kappa shape index (κ1) is 22.4. The summed E-state index contributed by atoms with van der Waals surface area (Å²) in [4.78, 5) is 9.81. The van der Waals surface area contributed by atoms with Gasteiger partial charge >= 0.3 is 0 Å². The van der Waals surface area contributed by atoms with Crippen molar-refractivity contribution >= 4 is 17.7 Å². The molecule has 1 unspecified atom stereocenters. The van der Waals surface area contributed by atoms with Crippen LogP contribution in [0.1, 0.15) is 44.7 Å². The number of rotatable bonds is 6. The zero-order valence-electron chi connectivity index (χ0n) is 18.3. The summed E-state index contributed by atoms with van der Waals surface area (Å²) in [7, 11) is 0. The van der Waals surface area contributed by atoms with Gasteiger partial charge in [-0.1, -0.05) is 38.1 Å². The number of nitrogens with zero attached hydrogens (tertiary/aromatic N) is 3. The number of guanidine groups is 1. The first-order chi connectivity index (χ1) is 14.0. The van der Waals surface area contributed by atoms with Gasteiger partial charge in [0.05, 0.1) is 12.6 Å². The summed E-state index contributed by atoms with van der Waals surface area (Å²) in [5.74, 6) is 2.92. The Morgan fingerprint density at radius 3 is 2.52 bits per heavy atom. The second-order valence-corrected chi connectivity index (χ2v) is 9.94. The van der Waals surface area contributed by atoms with Crippen molar-refractivity contribution in [1.82, 2.24) is 15.1 Å². The van der Waals surface area contributed by atoms with Gasteiger partial charge in [0.2, 0.25) is 0 Å². The molecule has 2 saturated heterocycles. The molecule has 2 heterocycles. The maximum absolute atomic E-state index is 9.66. The van der Waals surface area contributed by atoms with Gasteiger partial charge in [-0.15, -0.1) is 0 Å². The van der Waals surface area contributed by atoms with Crippen LogP contribution >= 0.6 is 11.8 Å². The summed E-state index contributed by atoms with van der Waals surface area (Å²) in [6.07, 6.45) is 1.69. The number of aliphatic hydroxyl groups is 1. The summed E-state index contributed by atoms with van der Waals surface area (Å²) >= 11 is 2.10. The van der Waals surface area contributed by atoms with Gasteiger partial charge in [-0.25, -0.2) is 4.99 Å². The third kappa shape index (κ3) is 6.90. The second-order valence-electron chi connectivity index (χ2n) is 8.59. The van der Waals surface area contributed by atoms with Crippen LogP contribution < -0.4 is 5.32 Å². The molecule has 29 heavy (non-hydrogen) atoms. The fraction of sp³-hybridized carbons (Fsp3) is 0.696. The minimum Gasteiger partial charge on any atom is -0.393 e. The minimum atomic E-state index is -0.105. The van der Waals surface area contributed by atoms with E-state index < -0.39 is 0 Å². The number of aliphatic imine (C=N–C) groups is 1. The van der Waals surface area contributed by atoms with E-state index in [0.29, 0.717) is 17.7 Å². The van der Waals surface area contributed by atoms with E-state index in [-0.39, 0.29) is 6.10 Å². The zero-order chi connectivity index (χ0) is 20.6. The molecule has 0 radical (unpaired) electrons. The number of likely N-dealkylation sites (tertiary alicyclic amines) is 1. The van der Waals surface area contributed by atoms with E-state index >= 15 is 0 Å². The molecule has 6 heteroatoms. The lowest BCUT2D eigenvalue weighted by atomic mass is 10.1. The fourth-order valence-electron chi connectivity index (χ4n) is 3.95. The lowest BCUT2D eigenvalue weighted by Gasteiger charge is -2.36. The second kappa shape index (κ2) is 11.2. The highest BCUT2D eigenvalue weighted by atomic mass is 32.2. The van der Waals surface area contributed by atoms with Crippen LogP contribution in [0.3, 0.4) is 0 Å². The maximum atomic E-state index is 9.66. The normalized spacial score (nSPS) is 22.3. The molecule has 1 aromatic carbocycles. The van der Waals surface area contributed by atoms with Crippen LogP contribution in [-0.2, 0) is 13.1 Å². The molecule has 2 fully saturated rings. The smallest absolute Gasteiger partial charge is 0.194 e. The lowest BCUT2D eigenvalue weighted by molar-refractivity contribution is 0.0792. The summed E-state index contributed by atoms with van der Waals surface area (Å²) in [6.45, 7) is 13.5. The number of thioether (sulfide) groups is 1. The number of hydrogen-bond donors (Lipinski definition) is 2. The van der Waals surface area contributed by atoms with Gasteiger partial charge in [-0.05, 0) is 36.8 Å². The first-order valence-electron chi connectivity index (χ1n) is 11.2. The minimum absolute atomic E-state index is 0.105. The maximum Gasteiger partial charge on any atom is 0.194 e. The zero-order valence-corrected chi connectivity index (χ0v) is 19.1. The summed E-state index contributed by atoms with van der Waals surface area (Å²) in [5, 5.41) is 13.8. The molecule has 1 atom stereocenters. The Morgan fingerprint density at radius 2 is 1.86 bits per heavy atom. The number of benzene rings is 1. The predicted molar refractivity (Wildman–Crippen MR) is 124 cm³/mol. The summed E-state index contributed by atoms with van der Waals surface area (Å²) in [5.41, 5.74) is 2.60. The van der Waals surface area contributed by atoms with E-state index in [1.54, 1.807) is 0 Å². The average molecular weight is 419 g/mol. The van der Waals surface area contributed by atoms with Gasteiger partial charge in [0.1, 0.15) is 0 Å². The van der Waals surface area contributed by atoms with Crippen LogP contribution in [0.15, 0.2) is 29.3 Å². The number of piperidine rings is 1. The first-order valence-corrected chi connectivity index (χ1v) is 12.2. The van der Waals surface area contributed by atoms with Crippen LogP contribution in [0, 0.1) is 5.92 Å². The molecule has 0 aliphatic carbocycles. The number of nitrogens with one attached hydrogen (secondary N) is 1. The molecule has 2 aliphatic heterocycles. The topological polar surface area (TPSA) is 51.1 Å². The predicted octanol–water partition coefficient (Wildman–Crippen LogP) is 3.18. The summed E-state index contributed by atoms with van der Waals surface area (Å²) < 4.78 is 0. The molecule has 0 bridgehead atoms. The molecule has 3 rings (SSSR count). The third-order valence-electron chi connectivity index (χ3n) is 5.87. The van der Waals surface area contributed by atoms with E-state index in [2.05, 4.69) is 71.9 Å². The van der Waals surface area contributed by atoms with Crippen LogP contribution in [0.4, 0.5) is 0 Å². The molecule has 0 amide bonds. The number of aliphatic hydroxyl groups excluding tert-OH is 1. The van der Waals surface area contributed by atoms with Gasteiger partial charge in [0.25, 0.3) is 0 Å². The standard InChI is InChI=1S/C23H38N4OS/c1-4-24-23(27-13-14-29-22(17-27)18(2)3)25-15-19-5-7-20(8-6-19)16-26-11-9-21(28)10-12-26/h5-8,18,21-22,28H,4,9-17H2,1-3H3,(H,24,25). The molecule has 0 spiro atoms. The van der Waals surface area contributed by atoms with Crippen molar-refractivity contribution in [2.45, 2.75) is 58.1 Å². The van der Waals surface area contributed by atoms with E-state index in [1.165, 1.54) is 16.9 Å².